The third-order valence-electron chi connectivity index (χ3n) is 3.60. The van der Waals surface area contributed by atoms with Gasteiger partial charge in [0.15, 0.2) is 0 Å². The lowest BCUT2D eigenvalue weighted by molar-refractivity contribution is 0.284. The number of hydrogen-bond acceptors (Lipinski definition) is 2. The van der Waals surface area contributed by atoms with Crippen LogP contribution in [0.3, 0.4) is 0 Å². The van der Waals surface area contributed by atoms with Gasteiger partial charge in [-0.3, -0.25) is 0 Å². The maximum atomic E-state index is 13.8. The Morgan fingerprint density at radius 1 is 1.00 bits per heavy atom. The largest absolute Gasteiger partial charge is 0.422 e. The maximum absolute atomic E-state index is 13.8. The third kappa shape index (κ3) is 5.65. The fraction of sp³-hybridized carbons (Fsp3) is 0.444. The molecule has 0 amide bonds. The van der Waals surface area contributed by atoms with Crippen LogP contribution in [0.5, 0.6) is 5.75 Å². The van der Waals surface area contributed by atoms with Gasteiger partial charge in [-0.25, -0.2) is 13.9 Å². The summed E-state index contributed by atoms with van der Waals surface area (Å²) in [5.41, 5.74) is 0. The molecule has 0 fully saturated rings. The first kappa shape index (κ1) is 19.7. The van der Waals surface area contributed by atoms with Gasteiger partial charge in [0.1, 0.15) is 5.75 Å². The Bertz CT molecular complexity index is 495. The van der Waals surface area contributed by atoms with Gasteiger partial charge < -0.3 is 4.52 Å². The molecule has 5 heteroatoms. The molecular weight excluding hydrogens is 307 g/mol. The molecule has 0 aliphatic rings. The van der Waals surface area contributed by atoms with E-state index >= 15 is 0 Å². The van der Waals surface area contributed by atoms with Gasteiger partial charge in [-0.1, -0.05) is 44.2 Å². The second-order valence-corrected chi connectivity index (χ2v) is 7.44. The van der Waals surface area contributed by atoms with E-state index in [9.17, 15) is 4.57 Å². The predicted octanol–water partition coefficient (Wildman–Crippen LogP) is 4.97. The lowest BCUT2D eigenvalue weighted by Gasteiger charge is -2.37. The second-order valence-electron chi connectivity index (χ2n) is 5.14. The summed E-state index contributed by atoms with van der Waals surface area (Å²) < 4.78 is 23.7. The molecule has 1 aromatic carbocycles. The molecule has 0 atom stereocenters. The van der Waals surface area contributed by atoms with E-state index in [-0.39, 0.29) is 0 Å². The Kier molecular flexibility index (Phi) is 8.93. The molecule has 0 spiro atoms. The van der Waals surface area contributed by atoms with Gasteiger partial charge in [0.2, 0.25) is 0 Å². The minimum absolute atomic E-state index is 0.630. The average Bonchev–Trinajstić information content (AvgIpc) is 2.57. The Morgan fingerprint density at radius 2 is 1.48 bits per heavy atom. The van der Waals surface area contributed by atoms with Crippen molar-refractivity contribution >= 4 is 7.67 Å². The van der Waals surface area contributed by atoms with Crippen LogP contribution in [0.1, 0.15) is 26.7 Å². The average molecular weight is 336 g/mol. The van der Waals surface area contributed by atoms with Crippen LogP contribution in [-0.4, -0.2) is 35.5 Å². The van der Waals surface area contributed by atoms with Crippen molar-refractivity contribution in [3.8, 4) is 5.75 Å². The Morgan fingerprint density at radius 3 is 1.87 bits per heavy atom. The van der Waals surface area contributed by atoms with Crippen molar-refractivity contribution in [2.45, 2.75) is 26.7 Å². The summed E-state index contributed by atoms with van der Waals surface area (Å²) in [5, 5.41) is 0. The van der Waals surface area contributed by atoms with E-state index in [0.717, 1.165) is 12.8 Å². The van der Waals surface area contributed by atoms with E-state index in [1.54, 1.807) is 0 Å². The number of nitrogens with zero attached hydrogens (tertiary/aromatic N) is 2. The van der Waals surface area contributed by atoms with Crippen molar-refractivity contribution in [3.05, 3.63) is 55.6 Å². The van der Waals surface area contributed by atoms with Gasteiger partial charge in [0, 0.05) is 26.2 Å². The second kappa shape index (κ2) is 10.4. The van der Waals surface area contributed by atoms with Crippen LogP contribution < -0.4 is 4.52 Å². The molecule has 0 unspecified atom stereocenters. The lowest BCUT2D eigenvalue weighted by atomic mass is 10.3. The molecule has 128 valence electrons. The van der Waals surface area contributed by atoms with Gasteiger partial charge in [0.05, 0.1) is 0 Å². The summed E-state index contributed by atoms with van der Waals surface area (Å²) in [5.74, 6) is 0.630. The Hall–Kier alpha value is -1.35. The quantitative estimate of drug-likeness (QED) is 0.398. The van der Waals surface area contributed by atoms with Crippen molar-refractivity contribution < 1.29 is 9.09 Å². The van der Waals surface area contributed by atoms with Crippen molar-refractivity contribution in [3.63, 3.8) is 0 Å². The zero-order valence-electron chi connectivity index (χ0n) is 14.4. The zero-order valence-corrected chi connectivity index (χ0v) is 15.3. The summed E-state index contributed by atoms with van der Waals surface area (Å²) in [6, 6.07) is 9.38. The van der Waals surface area contributed by atoms with Crippen LogP contribution in [0.15, 0.2) is 55.6 Å². The van der Waals surface area contributed by atoms with Crippen LogP contribution in [-0.2, 0) is 4.57 Å². The molecule has 0 radical (unpaired) electrons. The van der Waals surface area contributed by atoms with Crippen molar-refractivity contribution in [1.82, 2.24) is 9.34 Å². The summed E-state index contributed by atoms with van der Waals surface area (Å²) in [6.45, 7) is 14.2. The fourth-order valence-electron chi connectivity index (χ4n) is 2.32. The van der Waals surface area contributed by atoms with Crippen LogP contribution in [0, 0.1) is 0 Å². The molecule has 0 saturated heterocycles. The van der Waals surface area contributed by atoms with E-state index in [1.807, 2.05) is 65.7 Å². The van der Waals surface area contributed by atoms with Crippen molar-refractivity contribution in [1.29, 1.82) is 0 Å². The molecule has 0 aliphatic carbocycles. The van der Waals surface area contributed by atoms with Crippen molar-refractivity contribution in [2.24, 2.45) is 0 Å². The highest BCUT2D eigenvalue weighted by Crippen LogP contribution is 2.54. The highest BCUT2D eigenvalue weighted by Gasteiger charge is 2.38. The van der Waals surface area contributed by atoms with E-state index in [4.69, 9.17) is 4.52 Å². The van der Waals surface area contributed by atoms with Gasteiger partial charge in [-0.2, -0.15) is 0 Å². The molecule has 23 heavy (non-hydrogen) atoms. The molecule has 0 saturated carbocycles. The van der Waals surface area contributed by atoms with E-state index in [2.05, 4.69) is 13.2 Å². The lowest BCUT2D eigenvalue weighted by Crippen LogP contribution is -2.35. The summed E-state index contributed by atoms with van der Waals surface area (Å²) in [4.78, 5) is 0. The van der Waals surface area contributed by atoms with Gasteiger partial charge in [-0.05, 0) is 25.0 Å². The normalized spacial score (nSPS) is 11.7. The molecule has 4 nitrogen and oxygen atoms in total. The first-order valence-corrected chi connectivity index (χ1v) is 9.72. The number of hydrogen-bond donors (Lipinski definition) is 0. The van der Waals surface area contributed by atoms with E-state index in [1.165, 1.54) is 0 Å². The fourth-order valence-corrected chi connectivity index (χ4v) is 4.76. The Balaban J connectivity index is 3.12. The topological polar surface area (TPSA) is 32.8 Å². The maximum Gasteiger partial charge on any atom is 0.395 e. The summed E-state index contributed by atoms with van der Waals surface area (Å²) in [7, 11) is -3.15. The van der Waals surface area contributed by atoms with Gasteiger partial charge >= 0.3 is 7.67 Å². The van der Waals surface area contributed by atoms with E-state index < -0.39 is 7.67 Å². The first-order valence-electron chi connectivity index (χ1n) is 8.19. The smallest absolute Gasteiger partial charge is 0.395 e. The molecular formula is C18H29N2O2P. The van der Waals surface area contributed by atoms with Crippen LogP contribution in [0.2, 0.25) is 0 Å². The van der Waals surface area contributed by atoms with Gasteiger partial charge in [0.25, 0.3) is 0 Å². The van der Waals surface area contributed by atoms with Crippen LogP contribution in [0.4, 0.5) is 0 Å². The standard InChI is InChI=1S/C18H29N2O2P/c1-5-9-16-19(7-3)23(21,20(8-4)17-10-6-2)22-18-14-12-11-13-15-18/h5-6,11-15H,1-2,7-10,16-17H2,3-4H3. The third-order valence-corrected chi connectivity index (χ3v) is 6.44. The predicted molar refractivity (Wildman–Crippen MR) is 98.8 cm³/mol. The minimum Gasteiger partial charge on any atom is -0.422 e. The molecule has 0 heterocycles. The van der Waals surface area contributed by atoms with Crippen molar-refractivity contribution in [2.75, 3.05) is 26.2 Å². The number of para-hydroxylation sites is 1. The minimum atomic E-state index is -3.15. The molecule has 0 N–H and O–H groups in total. The molecule has 1 rings (SSSR count). The zero-order chi connectivity index (χ0) is 17.1. The van der Waals surface area contributed by atoms with Crippen LogP contribution >= 0.6 is 7.67 Å². The summed E-state index contributed by atoms with van der Waals surface area (Å²) in [6.07, 6.45) is 5.23. The van der Waals surface area contributed by atoms with E-state index in [0.29, 0.717) is 31.9 Å². The highest BCUT2D eigenvalue weighted by atomic mass is 31.2. The molecule has 1 aromatic rings. The highest BCUT2D eigenvalue weighted by molar-refractivity contribution is 7.54. The summed E-state index contributed by atoms with van der Waals surface area (Å²) >= 11 is 0. The molecule has 0 aliphatic heterocycles. The number of benzene rings is 1. The van der Waals surface area contributed by atoms with Crippen LogP contribution in [0.25, 0.3) is 0 Å². The monoisotopic (exact) mass is 336 g/mol. The Labute approximate surface area is 141 Å². The number of rotatable bonds is 12. The first-order chi connectivity index (χ1) is 11.1. The SMILES string of the molecule is C=CCCN(CC)P(=O)(Oc1ccccc1)N(CC)CCC=C. The molecule has 0 bridgehead atoms. The van der Waals surface area contributed by atoms with Gasteiger partial charge in [-0.15, -0.1) is 13.2 Å². The molecule has 0 aromatic heterocycles.